The van der Waals surface area contributed by atoms with Crippen LogP contribution in [0.2, 0.25) is 0 Å². The predicted molar refractivity (Wildman–Crippen MR) is 119 cm³/mol. The summed E-state index contributed by atoms with van der Waals surface area (Å²) < 4.78 is 47.2. The minimum Gasteiger partial charge on any atom is -0.482 e. The molecule has 0 spiro atoms. The van der Waals surface area contributed by atoms with E-state index in [4.69, 9.17) is 9.47 Å². The lowest BCUT2D eigenvalue weighted by Crippen LogP contribution is -2.28. The van der Waals surface area contributed by atoms with Crippen LogP contribution in [0.15, 0.2) is 24.4 Å². The summed E-state index contributed by atoms with van der Waals surface area (Å²) in [6, 6.07) is 4.72. The van der Waals surface area contributed by atoms with Crippen LogP contribution >= 0.6 is 0 Å². The van der Waals surface area contributed by atoms with Crippen molar-refractivity contribution in [2.45, 2.75) is 46.8 Å². The lowest BCUT2D eigenvalue weighted by atomic mass is 10.1. The maximum absolute atomic E-state index is 12.6. The normalized spacial score (nSPS) is 12.5. The van der Waals surface area contributed by atoms with Gasteiger partial charge in [0.05, 0.1) is 18.8 Å². The minimum absolute atomic E-state index is 0. The fourth-order valence-electron chi connectivity index (χ4n) is 2.79. The van der Waals surface area contributed by atoms with Gasteiger partial charge in [0, 0.05) is 8.55 Å². The van der Waals surface area contributed by atoms with E-state index in [1.165, 1.54) is 6.07 Å². The number of nitrogens with zero attached hydrogens (tertiary/aromatic N) is 2. The molecule has 7 nitrogen and oxygen atoms in total. The first kappa shape index (κ1) is 25.4. The van der Waals surface area contributed by atoms with Gasteiger partial charge >= 0.3 is 6.18 Å². The minimum atomic E-state index is -4.45. The Kier molecular flexibility index (Phi) is 8.82. The molecule has 10 heteroatoms. The highest BCUT2D eigenvalue weighted by molar-refractivity contribution is 5.92. The van der Waals surface area contributed by atoms with Gasteiger partial charge in [-0.3, -0.25) is 4.79 Å². The van der Waals surface area contributed by atoms with Crippen LogP contribution in [0.25, 0.3) is 0 Å². The standard InChI is InChI=1S/C22H29F3N4O3.2H2/c1-13(2)10-31-12-27-20-8-17(7-15(4)28-20)16(5)29-21(30)18-6-14(3)19(9-26-18)32-11-22(23,24)25;;/h6-9,13,16H,10-12H2,1-5H3,(H,27,28)(H,29,30);2*1H. The molecule has 0 saturated carbocycles. The quantitative estimate of drug-likeness (QED) is 0.382. The van der Waals surface area contributed by atoms with E-state index in [1.807, 2.05) is 26.0 Å². The lowest BCUT2D eigenvalue weighted by molar-refractivity contribution is -0.153. The second-order valence-corrected chi connectivity index (χ2v) is 7.95. The van der Waals surface area contributed by atoms with Crippen LogP contribution in [-0.4, -0.2) is 42.0 Å². The number of anilines is 1. The van der Waals surface area contributed by atoms with Gasteiger partial charge in [0.25, 0.3) is 5.91 Å². The molecular weight excluding hydrogens is 425 g/mol. The number of amides is 1. The highest BCUT2D eigenvalue weighted by Crippen LogP contribution is 2.22. The van der Waals surface area contributed by atoms with Crippen molar-refractivity contribution < 1.29 is 30.3 Å². The zero-order valence-corrected chi connectivity index (χ0v) is 18.8. The van der Waals surface area contributed by atoms with E-state index in [9.17, 15) is 18.0 Å². The average molecular weight is 459 g/mol. The van der Waals surface area contributed by atoms with Crippen LogP contribution in [0.5, 0.6) is 5.75 Å². The van der Waals surface area contributed by atoms with E-state index in [2.05, 4.69) is 34.4 Å². The van der Waals surface area contributed by atoms with Gasteiger partial charge in [-0.15, -0.1) is 0 Å². The summed E-state index contributed by atoms with van der Waals surface area (Å²) in [5.41, 5.74) is 2.07. The number of pyridine rings is 2. The molecule has 0 aliphatic carbocycles. The summed E-state index contributed by atoms with van der Waals surface area (Å²) >= 11 is 0. The molecule has 0 radical (unpaired) electrons. The number of halogens is 3. The zero-order chi connectivity index (χ0) is 23.9. The molecule has 0 saturated heterocycles. The van der Waals surface area contributed by atoms with Gasteiger partial charge in [0.2, 0.25) is 0 Å². The zero-order valence-electron chi connectivity index (χ0n) is 18.8. The average Bonchev–Trinajstić information content (AvgIpc) is 2.69. The molecule has 0 aliphatic rings. The number of carbonyl (C=O) groups is 1. The van der Waals surface area contributed by atoms with Crippen LogP contribution < -0.4 is 15.4 Å². The molecule has 1 unspecified atom stereocenters. The van der Waals surface area contributed by atoms with Crippen molar-refractivity contribution in [1.29, 1.82) is 0 Å². The Morgan fingerprint density at radius 1 is 1.19 bits per heavy atom. The van der Waals surface area contributed by atoms with E-state index >= 15 is 0 Å². The van der Waals surface area contributed by atoms with Gasteiger partial charge in [-0.2, -0.15) is 13.2 Å². The van der Waals surface area contributed by atoms with Crippen LogP contribution in [-0.2, 0) is 4.74 Å². The van der Waals surface area contributed by atoms with E-state index in [0.717, 1.165) is 17.5 Å². The first-order valence-electron chi connectivity index (χ1n) is 10.2. The predicted octanol–water partition coefficient (Wildman–Crippen LogP) is 5.06. The molecule has 0 aliphatic heterocycles. The van der Waals surface area contributed by atoms with Gasteiger partial charge in [0.15, 0.2) is 6.61 Å². The maximum atomic E-state index is 12.6. The Labute approximate surface area is 188 Å². The van der Waals surface area contributed by atoms with Gasteiger partial charge in [-0.05, 0) is 56.0 Å². The highest BCUT2D eigenvalue weighted by atomic mass is 19.4. The molecule has 2 N–H and O–H groups in total. The van der Waals surface area contributed by atoms with Crippen LogP contribution in [0.4, 0.5) is 19.0 Å². The van der Waals surface area contributed by atoms with E-state index in [1.54, 1.807) is 6.92 Å². The van der Waals surface area contributed by atoms with E-state index in [0.29, 0.717) is 30.6 Å². The molecule has 1 amide bonds. The fourth-order valence-corrected chi connectivity index (χ4v) is 2.79. The second kappa shape index (κ2) is 11.1. The molecule has 180 valence electrons. The van der Waals surface area contributed by atoms with Crippen molar-refractivity contribution in [2.75, 3.05) is 25.3 Å². The number of aryl methyl sites for hydroxylation is 2. The lowest BCUT2D eigenvalue weighted by Gasteiger charge is -2.17. The van der Waals surface area contributed by atoms with Gasteiger partial charge in [-0.1, -0.05) is 13.8 Å². The number of rotatable bonds is 10. The van der Waals surface area contributed by atoms with Crippen LogP contribution in [0.1, 0.15) is 57.0 Å². The molecule has 2 heterocycles. The molecule has 0 bridgehead atoms. The molecular formula is C22H33F3N4O3. The van der Waals surface area contributed by atoms with Crippen molar-refractivity contribution in [3.05, 3.63) is 46.9 Å². The Morgan fingerprint density at radius 3 is 2.53 bits per heavy atom. The molecule has 32 heavy (non-hydrogen) atoms. The third kappa shape index (κ3) is 8.33. The third-order valence-electron chi connectivity index (χ3n) is 4.32. The number of aromatic nitrogens is 2. The molecule has 2 aromatic heterocycles. The monoisotopic (exact) mass is 458 g/mol. The number of hydrogen-bond donors (Lipinski definition) is 2. The van der Waals surface area contributed by atoms with E-state index < -0.39 is 18.7 Å². The molecule has 2 rings (SSSR count). The van der Waals surface area contributed by atoms with Gasteiger partial charge in [0.1, 0.15) is 24.0 Å². The van der Waals surface area contributed by atoms with Crippen molar-refractivity contribution in [3.8, 4) is 5.75 Å². The first-order chi connectivity index (χ1) is 14.9. The molecule has 2 aromatic rings. The van der Waals surface area contributed by atoms with E-state index in [-0.39, 0.29) is 20.3 Å². The Bertz CT molecular complexity index is 931. The third-order valence-corrected chi connectivity index (χ3v) is 4.32. The van der Waals surface area contributed by atoms with Gasteiger partial charge < -0.3 is 20.1 Å². The largest absolute Gasteiger partial charge is 0.482 e. The number of nitrogens with one attached hydrogen (secondary N) is 2. The smallest absolute Gasteiger partial charge is 0.422 e. The number of carbonyl (C=O) groups excluding carboxylic acids is 1. The highest BCUT2D eigenvalue weighted by Gasteiger charge is 2.28. The number of ether oxygens (including phenoxy) is 2. The Balaban J connectivity index is 0.00000544. The first-order valence-corrected chi connectivity index (χ1v) is 10.2. The number of hydrogen-bond acceptors (Lipinski definition) is 6. The number of alkyl halides is 3. The van der Waals surface area contributed by atoms with Crippen molar-refractivity contribution in [1.82, 2.24) is 15.3 Å². The molecule has 0 aromatic carbocycles. The summed E-state index contributed by atoms with van der Waals surface area (Å²) in [5, 5.41) is 5.95. The fraction of sp³-hybridized carbons (Fsp3) is 0.500. The van der Waals surface area contributed by atoms with Crippen LogP contribution in [0.3, 0.4) is 0 Å². The maximum Gasteiger partial charge on any atom is 0.422 e. The van der Waals surface area contributed by atoms with Crippen molar-refractivity contribution in [3.63, 3.8) is 0 Å². The van der Waals surface area contributed by atoms with Gasteiger partial charge in [-0.25, -0.2) is 9.97 Å². The summed E-state index contributed by atoms with van der Waals surface area (Å²) in [7, 11) is 0. The second-order valence-electron chi connectivity index (χ2n) is 7.95. The molecule has 0 fully saturated rings. The summed E-state index contributed by atoms with van der Waals surface area (Å²) in [5.74, 6) is 0.583. The summed E-state index contributed by atoms with van der Waals surface area (Å²) in [4.78, 5) is 21.0. The van der Waals surface area contributed by atoms with Crippen molar-refractivity contribution in [2.24, 2.45) is 5.92 Å². The molecule has 1 atom stereocenters. The summed E-state index contributed by atoms with van der Waals surface area (Å²) in [6.07, 6.45) is -3.33. The Morgan fingerprint density at radius 2 is 1.91 bits per heavy atom. The SMILES string of the molecule is Cc1cc(C(C)NC(=O)c2cc(C)c(OCC(F)(F)F)cn2)cc(NCOCC(C)C)n1.[HH].[HH]. The van der Waals surface area contributed by atoms with Crippen molar-refractivity contribution >= 4 is 11.7 Å². The summed E-state index contributed by atoms with van der Waals surface area (Å²) in [6.45, 7) is 8.88. The topological polar surface area (TPSA) is 85.4 Å². The Hall–Kier alpha value is -2.88. The van der Waals surface area contributed by atoms with Crippen LogP contribution in [0, 0.1) is 19.8 Å².